The van der Waals surface area contributed by atoms with Gasteiger partial charge in [0.05, 0.1) is 14.2 Å². The van der Waals surface area contributed by atoms with E-state index in [1.54, 1.807) is 12.2 Å². The van der Waals surface area contributed by atoms with E-state index in [9.17, 15) is 9.59 Å². The van der Waals surface area contributed by atoms with E-state index in [1.165, 1.54) is 14.2 Å². The number of allylic oxidation sites excluding steroid dienone is 4. The highest BCUT2D eigenvalue weighted by Crippen LogP contribution is 2.49. The molecule has 1 heterocycles. The SMILES string of the molecule is COC(=O)C1(C(=O)OC)CC(c2ccc(C)cc2)OC2=C1C=CC=CC2. The minimum atomic E-state index is -1.55. The Hall–Kier alpha value is -2.82. The molecule has 0 saturated carbocycles. The molecule has 1 aromatic rings. The first kappa shape index (κ1) is 18.0. The van der Waals surface area contributed by atoms with Gasteiger partial charge in [0, 0.05) is 18.4 Å². The number of carbonyl (C=O) groups is 2. The van der Waals surface area contributed by atoms with Crippen LogP contribution in [0, 0.1) is 12.3 Å². The lowest BCUT2D eigenvalue weighted by atomic mass is 9.71. The summed E-state index contributed by atoms with van der Waals surface area (Å²) in [6, 6.07) is 7.86. The van der Waals surface area contributed by atoms with Crippen LogP contribution < -0.4 is 0 Å². The molecule has 0 saturated heterocycles. The van der Waals surface area contributed by atoms with Gasteiger partial charge in [0.25, 0.3) is 0 Å². The topological polar surface area (TPSA) is 61.8 Å². The van der Waals surface area contributed by atoms with Crippen LogP contribution in [0.15, 0.2) is 59.9 Å². The first-order valence-corrected chi connectivity index (χ1v) is 8.50. The minimum Gasteiger partial charge on any atom is -0.489 e. The Bertz CT molecular complexity index is 782. The lowest BCUT2D eigenvalue weighted by Gasteiger charge is -2.39. The quantitative estimate of drug-likeness (QED) is 0.613. The van der Waals surface area contributed by atoms with E-state index in [1.807, 2.05) is 43.3 Å². The van der Waals surface area contributed by atoms with Crippen LogP contribution >= 0.6 is 0 Å². The van der Waals surface area contributed by atoms with Crippen molar-refractivity contribution >= 4 is 11.9 Å². The highest BCUT2D eigenvalue weighted by molar-refractivity contribution is 6.04. The van der Waals surface area contributed by atoms with E-state index >= 15 is 0 Å². The fraction of sp³-hybridized carbons (Fsp3) is 0.333. The summed E-state index contributed by atoms with van der Waals surface area (Å²) in [5, 5.41) is 0. The minimum absolute atomic E-state index is 0.124. The van der Waals surface area contributed by atoms with Crippen LogP contribution in [0.4, 0.5) is 0 Å². The van der Waals surface area contributed by atoms with Crippen LogP contribution in [0.3, 0.4) is 0 Å². The van der Waals surface area contributed by atoms with Crippen molar-refractivity contribution in [1.29, 1.82) is 0 Å². The highest BCUT2D eigenvalue weighted by atomic mass is 16.5. The second-order valence-electron chi connectivity index (χ2n) is 6.44. The standard InChI is InChI=1S/C21H22O5/c1-14-9-11-15(12-10-14)18-13-21(19(22)24-2,20(23)25-3)16-7-5-4-6-8-17(16)26-18/h4-7,9-12,18H,8,13H2,1-3H3. The number of ether oxygens (including phenoxy) is 3. The summed E-state index contributed by atoms with van der Waals surface area (Å²) in [6.45, 7) is 2.00. The Morgan fingerprint density at radius 2 is 1.73 bits per heavy atom. The van der Waals surface area contributed by atoms with Crippen molar-refractivity contribution in [2.45, 2.75) is 25.9 Å². The first-order valence-electron chi connectivity index (χ1n) is 8.50. The Morgan fingerprint density at radius 1 is 1.08 bits per heavy atom. The maximum absolute atomic E-state index is 12.8. The van der Waals surface area contributed by atoms with Gasteiger partial charge < -0.3 is 14.2 Å². The summed E-state index contributed by atoms with van der Waals surface area (Å²) in [6.07, 6.45) is 7.47. The largest absolute Gasteiger partial charge is 0.489 e. The van der Waals surface area contributed by atoms with Crippen LogP contribution in [0.5, 0.6) is 0 Å². The molecule has 1 aromatic carbocycles. The molecular weight excluding hydrogens is 332 g/mol. The zero-order valence-corrected chi connectivity index (χ0v) is 15.2. The number of methoxy groups -OCH3 is 2. The Morgan fingerprint density at radius 3 is 2.35 bits per heavy atom. The van der Waals surface area contributed by atoms with Crippen molar-refractivity contribution in [2.75, 3.05) is 14.2 Å². The molecule has 1 atom stereocenters. The van der Waals surface area contributed by atoms with E-state index < -0.39 is 23.5 Å². The van der Waals surface area contributed by atoms with Gasteiger partial charge in [-0.15, -0.1) is 0 Å². The van der Waals surface area contributed by atoms with Gasteiger partial charge in [-0.05, 0) is 12.5 Å². The van der Waals surface area contributed by atoms with E-state index in [0.29, 0.717) is 17.8 Å². The van der Waals surface area contributed by atoms with Gasteiger partial charge in [-0.25, -0.2) is 0 Å². The fourth-order valence-corrected chi connectivity index (χ4v) is 3.49. The summed E-state index contributed by atoms with van der Waals surface area (Å²) in [7, 11) is 2.56. The molecule has 3 rings (SSSR count). The third-order valence-corrected chi connectivity index (χ3v) is 4.87. The lowest BCUT2D eigenvalue weighted by Crippen LogP contribution is -2.46. The number of hydrogen-bond donors (Lipinski definition) is 0. The number of hydrogen-bond acceptors (Lipinski definition) is 5. The van der Waals surface area contributed by atoms with Gasteiger partial charge in [0.1, 0.15) is 11.9 Å². The molecular formula is C21H22O5. The highest BCUT2D eigenvalue weighted by Gasteiger charge is 2.56. The molecule has 0 radical (unpaired) electrons. The fourth-order valence-electron chi connectivity index (χ4n) is 3.49. The van der Waals surface area contributed by atoms with Crippen molar-refractivity contribution < 1.29 is 23.8 Å². The lowest BCUT2D eigenvalue weighted by molar-refractivity contribution is -0.170. The van der Waals surface area contributed by atoms with Gasteiger partial charge in [-0.1, -0.05) is 54.1 Å². The molecule has 0 N–H and O–H groups in total. The van der Waals surface area contributed by atoms with Gasteiger partial charge >= 0.3 is 11.9 Å². The molecule has 5 heteroatoms. The van der Waals surface area contributed by atoms with E-state index in [2.05, 4.69) is 0 Å². The van der Waals surface area contributed by atoms with E-state index in [-0.39, 0.29) is 6.42 Å². The van der Waals surface area contributed by atoms with Gasteiger partial charge in [-0.3, -0.25) is 9.59 Å². The maximum atomic E-state index is 12.8. The predicted octanol–water partition coefficient (Wildman–Crippen LogP) is 3.56. The molecule has 0 fully saturated rings. The second kappa shape index (κ2) is 7.20. The van der Waals surface area contributed by atoms with Crippen LogP contribution in [0.1, 0.15) is 30.1 Å². The van der Waals surface area contributed by atoms with E-state index in [0.717, 1.165) is 11.1 Å². The molecule has 1 aliphatic heterocycles. The summed E-state index contributed by atoms with van der Waals surface area (Å²) < 4.78 is 16.3. The summed E-state index contributed by atoms with van der Waals surface area (Å²) in [5.74, 6) is -0.685. The third-order valence-electron chi connectivity index (χ3n) is 4.87. The average molecular weight is 354 g/mol. The number of aryl methyl sites for hydroxylation is 1. The second-order valence-corrected chi connectivity index (χ2v) is 6.44. The number of benzene rings is 1. The molecule has 1 aliphatic carbocycles. The number of esters is 2. The average Bonchev–Trinajstić information content (AvgIpc) is 2.92. The van der Waals surface area contributed by atoms with E-state index in [4.69, 9.17) is 14.2 Å². The monoisotopic (exact) mass is 354 g/mol. The Kier molecular flexibility index (Phi) is 4.98. The van der Waals surface area contributed by atoms with Crippen LogP contribution in [-0.4, -0.2) is 26.2 Å². The van der Waals surface area contributed by atoms with Crippen molar-refractivity contribution in [3.63, 3.8) is 0 Å². The first-order chi connectivity index (χ1) is 12.5. The Balaban J connectivity index is 2.16. The normalized spacial score (nSPS) is 20.7. The van der Waals surface area contributed by atoms with Gasteiger partial charge in [0.2, 0.25) is 0 Å². The zero-order chi connectivity index (χ0) is 18.7. The molecule has 1 unspecified atom stereocenters. The zero-order valence-electron chi connectivity index (χ0n) is 15.2. The number of carbonyl (C=O) groups excluding carboxylic acids is 2. The third kappa shape index (κ3) is 2.94. The van der Waals surface area contributed by atoms with Crippen molar-refractivity contribution in [1.82, 2.24) is 0 Å². The summed E-state index contributed by atoms with van der Waals surface area (Å²) in [4.78, 5) is 25.6. The summed E-state index contributed by atoms with van der Waals surface area (Å²) >= 11 is 0. The summed E-state index contributed by atoms with van der Waals surface area (Å²) in [5.41, 5.74) is 0.980. The van der Waals surface area contributed by atoms with Crippen molar-refractivity contribution in [2.24, 2.45) is 5.41 Å². The molecule has 26 heavy (non-hydrogen) atoms. The molecule has 0 spiro atoms. The van der Waals surface area contributed by atoms with Gasteiger partial charge in [0.15, 0.2) is 5.41 Å². The predicted molar refractivity (Wildman–Crippen MR) is 96.0 cm³/mol. The van der Waals surface area contributed by atoms with Crippen molar-refractivity contribution in [3.8, 4) is 0 Å². The molecule has 0 bridgehead atoms. The molecule has 5 nitrogen and oxygen atoms in total. The Labute approximate surface area is 152 Å². The van der Waals surface area contributed by atoms with Gasteiger partial charge in [-0.2, -0.15) is 0 Å². The van der Waals surface area contributed by atoms with Crippen molar-refractivity contribution in [3.05, 3.63) is 71.0 Å². The number of rotatable bonds is 3. The molecule has 2 aliphatic rings. The maximum Gasteiger partial charge on any atom is 0.328 e. The van der Waals surface area contributed by atoms with Crippen LogP contribution in [0.2, 0.25) is 0 Å². The van der Waals surface area contributed by atoms with Crippen LogP contribution in [0.25, 0.3) is 0 Å². The smallest absolute Gasteiger partial charge is 0.328 e. The molecule has 0 amide bonds. The molecule has 136 valence electrons. The molecule has 0 aromatic heterocycles. The van der Waals surface area contributed by atoms with Crippen LogP contribution in [-0.2, 0) is 23.8 Å².